The van der Waals surface area contributed by atoms with Crippen molar-refractivity contribution in [3.8, 4) is 0 Å². The van der Waals surface area contributed by atoms with Gasteiger partial charge in [0.05, 0.1) is 5.56 Å². The van der Waals surface area contributed by atoms with Gasteiger partial charge in [0, 0.05) is 12.6 Å². The van der Waals surface area contributed by atoms with Crippen molar-refractivity contribution < 1.29 is 27.6 Å². The van der Waals surface area contributed by atoms with Crippen LogP contribution < -0.4 is 0 Å². The van der Waals surface area contributed by atoms with Crippen LogP contribution in [0.5, 0.6) is 0 Å². The Hall–Kier alpha value is -2.38. The molecule has 0 radical (unpaired) electrons. The number of benzene rings is 1. The zero-order valence-electron chi connectivity index (χ0n) is 15.2. The van der Waals surface area contributed by atoms with Crippen molar-refractivity contribution in [2.45, 2.75) is 50.7 Å². The molecule has 1 saturated heterocycles. The second kappa shape index (κ2) is 6.90. The van der Waals surface area contributed by atoms with Crippen molar-refractivity contribution in [2.24, 2.45) is 11.8 Å². The van der Waals surface area contributed by atoms with Crippen LogP contribution in [0.15, 0.2) is 24.3 Å². The molecule has 0 spiro atoms. The maximum Gasteiger partial charge on any atom is 0.416 e. The van der Waals surface area contributed by atoms with Crippen LogP contribution in [0, 0.1) is 11.8 Å². The molecule has 1 aliphatic heterocycles. The number of nitrogens with zero attached hydrogens (tertiary/aromatic N) is 2. The van der Waals surface area contributed by atoms with Crippen LogP contribution in [0.2, 0.25) is 0 Å². The highest BCUT2D eigenvalue weighted by molar-refractivity contribution is 6.14. The molecule has 2 saturated carbocycles. The van der Waals surface area contributed by atoms with Gasteiger partial charge in [-0.3, -0.25) is 19.4 Å². The molecule has 4 rings (SSSR count). The largest absolute Gasteiger partial charge is 0.416 e. The summed E-state index contributed by atoms with van der Waals surface area (Å²) in [6, 6.07) is 4.08. The Morgan fingerprint density at radius 1 is 1.04 bits per heavy atom. The monoisotopic (exact) mass is 394 g/mol. The first-order valence-corrected chi connectivity index (χ1v) is 9.56. The molecular formula is C20H21F3N2O3. The number of carbonyl (C=O) groups is 3. The predicted molar refractivity (Wildman–Crippen MR) is 93.0 cm³/mol. The van der Waals surface area contributed by atoms with Crippen LogP contribution in [-0.2, 0) is 22.2 Å². The van der Waals surface area contributed by atoms with E-state index in [0.717, 1.165) is 42.7 Å². The van der Waals surface area contributed by atoms with Crippen molar-refractivity contribution in [2.75, 3.05) is 6.54 Å². The van der Waals surface area contributed by atoms with Crippen LogP contribution in [0.4, 0.5) is 18.0 Å². The number of barbiturate groups is 1. The van der Waals surface area contributed by atoms with Gasteiger partial charge in [-0.25, -0.2) is 4.79 Å². The van der Waals surface area contributed by atoms with E-state index in [2.05, 4.69) is 0 Å². The number of urea groups is 1. The maximum atomic E-state index is 12.9. The van der Waals surface area contributed by atoms with E-state index in [1.807, 2.05) is 0 Å². The zero-order valence-corrected chi connectivity index (χ0v) is 15.2. The minimum absolute atomic E-state index is 0.0381. The molecule has 28 heavy (non-hydrogen) atoms. The molecule has 5 nitrogen and oxygen atoms in total. The molecule has 3 aliphatic rings. The molecule has 3 atom stereocenters. The van der Waals surface area contributed by atoms with Gasteiger partial charge in [-0.2, -0.15) is 13.2 Å². The third kappa shape index (κ3) is 3.40. The fourth-order valence-corrected chi connectivity index (χ4v) is 4.87. The predicted octanol–water partition coefficient (Wildman–Crippen LogP) is 3.62. The van der Waals surface area contributed by atoms with Crippen molar-refractivity contribution in [3.05, 3.63) is 35.4 Å². The number of carbonyl (C=O) groups excluding carboxylic acids is 3. The fourth-order valence-electron chi connectivity index (χ4n) is 4.87. The minimum Gasteiger partial charge on any atom is -0.274 e. The summed E-state index contributed by atoms with van der Waals surface area (Å²) in [7, 11) is 0. The van der Waals surface area contributed by atoms with Gasteiger partial charge < -0.3 is 0 Å². The van der Waals surface area contributed by atoms with E-state index in [1.165, 1.54) is 17.0 Å². The van der Waals surface area contributed by atoms with Gasteiger partial charge in [0.25, 0.3) is 0 Å². The van der Waals surface area contributed by atoms with Gasteiger partial charge in [0.1, 0.15) is 6.42 Å². The van der Waals surface area contributed by atoms with Gasteiger partial charge in [-0.15, -0.1) is 0 Å². The van der Waals surface area contributed by atoms with Crippen LogP contribution >= 0.6 is 0 Å². The highest BCUT2D eigenvalue weighted by atomic mass is 19.4. The summed E-state index contributed by atoms with van der Waals surface area (Å²) in [6.45, 7) is -0.0381. The summed E-state index contributed by atoms with van der Waals surface area (Å²) in [5, 5.41) is 0. The average molecular weight is 394 g/mol. The van der Waals surface area contributed by atoms with Gasteiger partial charge in [0.2, 0.25) is 11.8 Å². The number of amides is 4. The fraction of sp³-hybridized carbons (Fsp3) is 0.550. The molecule has 3 fully saturated rings. The lowest BCUT2D eigenvalue weighted by molar-refractivity contribution is -0.144. The van der Waals surface area contributed by atoms with Crippen molar-refractivity contribution in [1.82, 2.24) is 9.80 Å². The summed E-state index contributed by atoms with van der Waals surface area (Å²) in [6.07, 6.45) is -0.780. The van der Waals surface area contributed by atoms with Crippen molar-refractivity contribution in [3.63, 3.8) is 0 Å². The molecule has 8 heteroatoms. The molecule has 150 valence electrons. The van der Waals surface area contributed by atoms with Gasteiger partial charge >= 0.3 is 12.2 Å². The van der Waals surface area contributed by atoms with Crippen LogP contribution in [0.1, 0.15) is 43.2 Å². The standard InChI is InChI=1S/C20H21F3N2O3/c21-20(22,23)15-3-1-2-12(9-15)6-7-24-17(26)11-18(27)25(19(24)28)16-10-13-4-5-14(16)8-13/h1-3,9,13-14,16H,4-8,10-11H2/t13-,14+,16-/m1/s1. The Kier molecular flexibility index (Phi) is 4.67. The average Bonchev–Trinajstić information content (AvgIpc) is 3.24. The molecule has 0 N–H and O–H groups in total. The number of hydrogen-bond acceptors (Lipinski definition) is 3. The Morgan fingerprint density at radius 3 is 2.46 bits per heavy atom. The Bertz CT molecular complexity index is 823. The van der Waals surface area contributed by atoms with E-state index in [1.54, 1.807) is 0 Å². The summed E-state index contributed by atoms with van der Waals surface area (Å²) < 4.78 is 38.6. The second-order valence-electron chi connectivity index (χ2n) is 7.96. The molecule has 1 heterocycles. The lowest BCUT2D eigenvalue weighted by Crippen LogP contribution is -2.59. The highest BCUT2D eigenvalue weighted by Crippen LogP contribution is 2.47. The number of alkyl halides is 3. The van der Waals surface area contributed by atoms with Crippen molar-refractivity contribution in [1.29, 1.82) is 0 Å². The Balaban J connectivity index is 1.47. The van der Waals surface area contributed by atoms with E-state index in [0.29, 0.717) is 17.4 Å². The molecule has 2 aliphatic carbocycles. The van der Waals surface area contributed by atoms with Gasteiger partial charge in [-0.1, -0.05) is 24.6 Å². The number of rotatable bonds is 4. The molecule has 0 unspecified atom stereocenters. The van der Waals surface area contributed by atoms with E-state index < -0.39 is 29.6 Å². The van der Waals surface area contributed by atoms with E-state index in [9.17, 15) is 27.6 Å². The zero-order chi connectivity index (χ0) is 20.1. The van der Waals surface area contributed by atoms with Gasteiger partial charge in [0.15, 0.2) is 0 Å². The summed E-state index contributed by atoms with van der Waals surface area (Å²) in [4.78, 5) is 39.8. The first-order chi connectivity index (χ1) is 13.2. The van der Waals surface area contributed by atoms with Gasteiger partial charge in [-0.05, 0) is 49.1 Å². The highest BCUT2D eigenvalue weighted by Gasteiger charge is 2.49. The van der Waals surface area contributed by atoms with E-state index in [4.69, 9.17) is 0 Å². The Labute approximate surface area is 160 Å². The molecule has 1 aromatic carbocycles. The quantitative estimate of drug-likeness (QED) is 0.733. The van der Waals surface area contributed by atoms with Crippen LogP contribution in [-0.4, -0.2) is 40.2 Å². The molecule has 2 bridgehead atoms. The first-order valence-electron chi connectivity index (χ1n) is 9.56. The normalized spacial score (nSPS) is 27.8. The Morgan fingerprint density at radius 2 is 1.82 bits per heavy atom. The number of halogens is 3. The SMILES string of the molecule is O=C1CC(=O)N([C@@H]2C[C@@H]3CC[C@H]2C3)C(=O)N1CCc1cccc(C(F)(F)F)c1. The number of hydrogen-bond donors (Lipinski definition) is 0. The minimum atomic E-state index is -4.45. The molecule has 0 aromatic heterocycles. The van der Waals surface area contributed by atoms with E-state index in [-0.39, 0.29) is 25.4 Å². The third-order valence-corrected chi connectivity index (χ3v) is 6.22. The topological polar surface area (TPSA) is 57.7 Å². The van der Waals surface area contributed by atoms with Crippen LogP contribution in [0.25, 0.3) is 0 Å². The summed E-state index contributed by atoms with van der Waals surface area (Å²) in [5.74, 6) is -0.201. The molecular weight excluding hydrogens is 373 g/mol. The molecule has 4 amide bonds. The smallest absolute Gasteiger partial charge is 0.274 e. The van der Waals surface area contributed by atoms with Crippen LogP contribution in [0.3, 0.4) is 0 Å². The first kappa shape index (κ1) is 19.0. The number of imide groups is 2. The summed E-state index contributed by atoms with van der Waals surface area (Å²) in [5.41, 5.74) is -0.376. The second-order valence-corrected chi connectivity index (χ2v) is 7.96. The number of fused-ring (bicyclic) bond motifs is 2. The maximum absolute atomic E-state index is 12.9. The lowest BCUT2D eigenvalue weighted by atomic mass is 9.93. The van der Waals surface area contributed by atoms with Crippen molar-refractivity contribution >= 4 is 17.8 Å². The van der Waals surface area contributed by atoms with E-state index >= 15 is 0 Å². The third-order valence-electron chi connectivity index (χ3n) is 6.22. The molecule has 1 aromatic rings. The summed E-state index contributed by atoms with van der Waals surface area (Å²) >= 11 is 0. The lowest BCUT2D eigenvalue weighted by Gasteiger charge is -2.39.